The van der Waals surface area contributed by atoms with Crippen molar-refractivity contribution in [2.75, 3.05) is 7.11 Å². The first-order chi connectivity index (χ1) is 4.57. The van der Waals surface area contributed by atoms with Gasteiger partial charge in [-0.15, -0.1) is 0 Å². The van der Waals surface area contributed by atoms with E-state index in [0.717, 1.165) is 0 Å². The Bertz CT molecular complexity index is 145. The molecule has 0 saturated heterocycles. The average Bonchev–Trinajstić information content (AvgIpc) is 1.85. The van der Waals surface area contributed by atoms with Crippen molar-refractivity contribution in [1.29, 1.82) is 0 Å². The average molecular weight is 163 g/mol. The van der Waals surface area contributed by atoms with E-state index in [4.69, 9.17) is 0 Å². The van der Waals surface area contributed by atoms with E-state index in [9.17, 15) is 14.7 Å². The van der Waals surface area contributed by atoms with E-state index >= 15 is 0 Å². The number of hydrogen-bond donors (Lipinski definition) is 1. The number of carbonyl (C=O) groups excluding carboxylic acids is 2. The quantitative estimate of drug-likeness (QED) is 0.410. The Morgan fingerprint density at radius 1 is 1.70 bits per heavy atom. The number of ether oxygens (including phenoxy) is 1. The minimum atomic E-state index is -1.31. The van der Waals surface area contributed by atoms with Gasteiger partial charge in [-0.1, -0.05) is 0 Å². The molecule has 0 aliphatic rings. The van der Waals surface area contributed by atoms with Crippen molar-refractivity contribution in [1.82, 2.24) is 0 Å². The van der Waals surface area contributed by atoms with Crippen LogP contribution in [0.15, 0.2) is 0 Å². The summed E-state index contributed by atoms with van der Waals surface area (Å²) in [5.74, 6) is -1.97. The molecule has 0 radical (unpaired) electrons. The molecule has 0 aromatic rings. The van der Waals surface area contributed by atoms with Gasteiger partial charge < -0.3 is 14.6 Å². The molecule has 0 aliphatic carbocycles. The number of thiol groups is 1. The summed E-state index contributed by atoms with van der Waals surface area (Å²) in [7, 11) is 1.17. The molecule has 1 unspecified atom stereocenters. The molecule has 0 N–H and O–H groups in total. The Morgan fingerprint density at radius 2 is 2.20 bits per heavy atom. The number of methoxy groups -OCH3 is 1. The minimum absolute atomic E-state index is 0.421. The lowest BCUT2D eigenvalue weighted by molar-refractivity contribution is -0.305. The topological polar surface area (TPSA) is 66.4 Å². The van der Waals surface area contributed by atoms with Gasteiger partial charge in [0.05, 0.1) is 7.11 Å². The molecule has 0 saturated carbocycles. The fourth-order valence-electron chi connectivity index (χ4n) is 0.377. The standard InChI is InChI=1S/C5H8O4S/c1-9-5(8)3(10)2-4(6)7/h3,10H,2H2,1H3,(H,6,7)/p-1. The van der Waals surface area contributed by atoms with Gasteiger partial charge in [0.2, 0.25) is 0 Å². The van der Waals surface area contributed by atoms with Gasteiger partial charge in [0.15, 0.2) is 0 Å². The molecule has 0 aromatic carbocycles. The predicted molar refractivity (Wildman–Crippen MR) is 34.4 cm³/mol. The molecule has 1 atom stereocenters. The van der Waals surface area contributed by atoms with E-state index < -0.39 is 23.6 Å². The van der Waals surface area contributed by atoms with Gasteiger partial charge in [-0.2, -0.15) is 12.6 Å². The molecule has 0 rings (SSSR count). The molecule has 0 spiro atoms. The molecule has 0 fully saturated rings. The van der Waals surface area contributed by atoms with Gasteiger partial charge >= 0.3 is 5.97 Å². The van der Waals surface area contributed by atoms with E-state index in [1.54, 1.807) is 0 Å². The number of carboxylic acids is 1. The van der Waals surface area contributed by atoms with E-state index in [2.05, 4.69) is 17.4 Å². The Hall–Kier alpha value is -0.710. The summed E-state index contributed by atoms with van der Waals surface area (Å²) >= 11 is 3.65. The van der Waals surface area contributed by atoms with Crippen LogP contribution in [0.4, 0.5) is 0 Å². The highest BCUT2D eigenvalue weighted by molar-refractivity contribution is 7.81. The summed E-state index contributed by atoms with van der Waals surface area (Å²) in [5, 5.41) is 8.94. The van der Waals surface area contributed by atoms with Crippen LogP contribution in [0.25, 0.3) is 0 Å². The van der Waals surface area contributed by atoms with Crippen molar-refractivity contribution >= 4 is 24.6 Å². The summed E-state index contributed by atoms with van der Waals surface area (Å²) in [6.45, 7) is 0. The lowest BCUT2D eigenvalue weighted by atomic mass is 10.3. The summed E-state index contributed by atoms with van der Waals surface area (Å²) in [5.41, 5.74) is 0. The van der Waals surface area contributed by atoms with Crippen LogP contribution in [0, 0.1) is 0 Å². The van der Waals surface area contributed by atoms with Crippen molar-refractivity contribution < 1.29 is 19.4 Å². The normalized spacial score (nSPS) is 12.2. The number of aliphatic carboxylic acids is 1. The second-order valence-corrected chi connectivity index (χ2v) is 2.24. The third-order valence-electron chi connectivity index (χ3n) is 0.833. The van der Waals surface area contributed by atoms with Crippen molar-refractivity contribution in [3.05, 3.63) is 0 Å². The fraction of sp³-hybridized carbons (Fsp3) is 0.600. The Kier molecular flexibility index (Phi) is 3.87. The van der Waals surface area contributed by atoms with Crippen molar-refractivity contribution in [3.63, 3.8) is 0 Å². The highest BCUT2D eigenvalue weighted by atomic mass is 32.1. The van der Waals surface area contributed by atoms with Crippen LogP contribution in [0.3, 0.4) is 0 Å². The minimum Gasteiger partial charge on any atom is -0.550 e. The summed E-state index contributed by atoms with van der Waals surface area (Å²) in [4.78, 5) is 20.3. The number of esters is 1. The van der Waals surface area contributed by atoms with Gasteiger partial charge in [-0.3, -0.25) is 4.79 Å². The zero-order chi connectivity index (χ0) is 8.15. The third kappa shape index (κ3) is 3.34. The van der Waals surface area contributed by atoms with E-state index in [-0.39, 0.29) is 0 Å². The van der Waals surface area contributed by atoms with Crippen LogP contribution in [0.5, 0.6) is 0 Å². The van der Waals surface area contributed by atoms with Crippen LogP contribution in [-0.4, -0.2) is 24.3 Å². The van der Waals surface area contributed by atoms with Crippen molar-refractivity contribution in [2.24, 2.45) is 0 Å². The molecule has 5 heteroatoms. The van der Waals surface area contributed by atoms with Crippen LogP contribution in [-0.2, 0) is 14.3 Å². The number of rotatable bonds is 3. The molecule has 0 aliphatic heterocycles. The first kappa shape index (κ1) is 9.29. The van der Waals surface area contributed by atoms with Gasteiger partial charge in [0, 0.05) is 12.4 Å². The van der Waals surface area contributed by atoms with Crippen LogP contribution in [0.1, 0.15) is 6.42 Å². The second-order valence-electron chi connectivity index (χ2n) is 1.62. The molecule has 4 nitrogen and oxygen atoms in total. The fourth-order valence-corrected chi connectivity index (χ4v) is 0.632. The maximum absolute atomic E-state index is 10.5. The van der Waals surface area contributed by atoms with Crippen LogP contribution >= 0.6 is 12.6 Å². The summed E-state index contributed by atoms with van der Waals surface area (Å²) in [6.07, 6.45) is -0.421. The van der Waals surface area contributed by atoms with E-state index in [1.165, 1.54) is 7.11 Å². The monoisotopic (exact) mass is 163 g/mol. The SMILES string of the molecule is COC(=O)C(S)CC(=O)[O-]. The Morgan fingerprint density at radius 3 is 2.50 bits per heavy atom. The lowest BCUT2D eigenvalue weighted by Gasteiger charge is -2.07. The molecular formula is C5H7O4S-. The number of carbonyl (C=O) groups is 2. The molecule has 0 aromatic heterocycles. The maximum Gasteiger partial charge on any atom is 0.318 e. The van der Waals surface area contributed by atoms with Crippen LogP contribution in [0.2, 0.25) is 0 Å². The van der Waals surface area contributed by atoms with E-state index in [1.807, 2.05) is 0 Å². The molecule has 0 bridgehead atoms. The smallest absolute Gasteiger partial charge is 0.318 e. The van der Waals surface area contributed by atoms with Crippen molar-refractivity contribution in [2.45, 2.75) is 11.7 Å². The molecule has 10 heavy (non-hydrogen) atoms. The number of hydrogen-bond acceptors (Lipinski definition) is 5. The Labute approximate surface area is 63.6 Å². The molecule has 0 amide bonds. The van der Waals surface area contributed by atoms with Crippen molar-refractivity contribution in [3.8, 4) is 0 Å². The van der Waals surface area contributed by atoms with Crippen LogP contribution < -0.4 is 5.11 Å². The first-order valence-electron chi connectivity index (χ1n) is 2.53. The second kappa shape index (κ2) is 4.16. The zero-order valence-electron chi connectivity index (χ0n) is 5.36. The van der Waals surface area contributed by atoms with Gasteiger partial charge in [-0.25, -0.2) is 0 Å². The largest absolute Gasteiger partial charge is 0.550 e. The highest BCUT2D eigenvalue weighted by Gasteiger charge is 2.13. The molecule has 58 valence electrons. The summed E-state index contributed by atoms with van der Waals surface area (Å²) in [6, 6.07) is 0. The maximum atomic E-state index is 10.5. The lowest BCUT2D eigenvalue weighted by Crippen LogP contribution is -2.29. The van der Waals surface area contributed by atoms with E-state index in [0.29, 0.717) is 0 Å². The Balaban J connectivity index is 3.72. The third-order valence-corrected chi connectivity index (χ3v) is 1.23. The zero-order valence-corrected chi connectivity index (χ0v) is 6.26. The summed E-state index contributed by atoms with van der Waals surface area (Å²) < 4.78 is 4.21. The predicted octanol–water partition coefficient (Wildman–Crippen LogP) is -1.40. The van der Waals surface area contributed by atoms with Gasteiger partial charge in [-0.05, 0) is 0 Å². The highest BCUT2D eigenvalue weighted by Crippen LogP contribution is 2.01. The van der Waals surface area contributed by atoms with Gasteiger partial charge in [0.25, 0.3) is 0 Å². The first-order valence-corrected chi connectivity index (χ1v) is 3.05. The number of carboxylic acid groups (broad SMARTS) is 1. The van der Waals surface area contributed by atoms with Gasteiger partial charge in [0.1, 0.15) is 5.25 Å². The molecular weight excluding hydrogens is 156 g/mol. The molecule has 0 heterocycles.